The van der Waals surface area contributed by atoms with Gasteiger partial charge >= 0.3 is 6.18 Å². The van der Waals surface area contributed by atoms with E-state index in [-0.39, 0.29) is 11.4 Å². The number of nitrogens with one attached hydrogen (secondary N) is 1. The van der Waals surface area contributed by atoms with Gasteiger partial charge in [-0.2, -0.15) is 13.2 Å². The number of aryl methyl sites for hydroxylation is 1. The third-order valence-electron chi connectivity index (χ3n) is 3.76. The second kappa shape index (κ2) is 6.79. The van der Waals surface area contributed by atoms with Crippen LogP contribution < -0.4 is 5.32 Å². The first-order valence-corrected chi connectivity index (χ1v) is 8.31. The molecule has 25 heavy (non-hydrogen) atoms. The highest BCUT2D eigenvalue weighted by Gasteiger charge is 2.40. The van der Waals surface area contributed by atoms with E-state index in [1.54, 1.807) is 6.20 Å². The highest BCUT2D eigenvalue weighted by molar-refractivity contribution is 7.16. The molecule has 0 radical (unpaired) electrons. The largest absolute Gasteiger partial charge is 0.455 e. The SMILES string of the molecule is O=C(NCC1=CCCc2ncccc21)c1ccc(C(=O)C(F)(F)F)s1. The number of nitrogens with zero attached hydrogens (tertiary/aromatic N) is 1. The molecule has 3 rings (SSSR count). The van der Waals surface area contributed by atoms with E-state index in [2.05, 4.69) is 10.3 Å². The maximum Gasteiger partial charge on any atom is 0.455 e. The predicted octanol–water partition coefficient (Wildman–Crippen LogP) is 3.65. The Morgan fingerprint density at radius 3 is 2.72 bits per heavy atom. The van der Waals surface area contributed by atoms with Gasteiger partial charge in [-0.25, -0.2) is 0 Å². The first kappa shape index (κ1) is 17.3. The molecule has 0 spiro atoms. The minimum absolute atomic E-state index is 0.0652. The predicted molar refractivity (Wildman–Crippen MR) is 87.6 cm³/mol. The van der Waals surface area contributed by atoms with Gasteiger partial charge in [0.15, 0.2) is 0 Å². The number of hydrogen-bond acceptors (Lipinski definition) is 4. The molecule has 8 heteroatoms. The molecule has 0 aromatic carbocycles. The van der Waals surface area contributed by atoms with Crippen molar-refractivity contribution in [3.63, 3.8) is 0 Å². The lowest BCUT2D eigenvalue weighted by molar-refractivity contribution is -0.0882. The summed E-state index contributed by atoms with van der Waals surface area (Å²) in [6.45, 7) is 0.248. The van der Waals surface area contributed by atoms with E-state index in [1.807, 2.05) is 18.2 Å². The third-order valence-corrected chi connectivity index (χ3v) is 4.84. The van der Waals surface area contributed by atoms with Crippen LogP contribution in [0.1, 0.15) is 37.0 Å². The summed E-state index contributed by atoms with van der Waals surface area (Å²) in [5.41, 5.74) is 2.85. The van der Waals surface area contributed by atoms with Crippen LogP contribution in [0.25, 0.3) is 5.57 Å². The molecule has 1 N–H and O–H groups in total. The van der Waals surface area contributed by atoms with Crippen LogP contribution in [0.4, 0.5) is 13.2 Å². The number of alkyl halides is 3. The van der Waals surface area contributed by atoms with Crippen LogP contribution in [-0.2, 0) is 6.42 Å². The third kappa shape index (κ3) is 3.79. The number of carbonyl (C=O) groups is 2. The van der Waals surface area contributed by atoms with Gasteiger partial charge in [-0.15, -0.1) is 11.3 Å². The zero-order valence-electron chi connectivity index (χ0n) is 12.9. The van der Waals surface area contributed by atoms with Gasteiger partial charge in [0.25, 0.3) is 11.7 Å². The van der Waals surface area contributed by atoms with Crippen LogP contribution in [-0.4, -0.2) is 29.4 Å². The number of fused-ring (bicyclic) bond motifs is 1. The Balaban J connectivity index is 1.67. The second-order valence-electron chi connectivity index (χ2n) is 5.44. The fraction of sp³-hybridized carbons (Fsp3) is 0.235. The van der Waals surface area contributed by atoms with Crippen molar-refractivity contribution in [2.45, 2.75) is 19.0 Å². The van der Waals surface area contributed by atoms with E-state index in [1.165, 1.54) is 6.07 Å². The quantitative estimate of drug-likeness (QED) is 0.841. The topological polar surface area (TPSA) is 59.1 Å². The molecule has 1 amide bonds. The van der Waals surface area contributed by atoms with Crippen LogP contribution in [0.15, 0.2) is 36.5 Å². The van der Waals surface area contributed by atoms with Crippen molar-refractivity contribution >= 4 is 28.6 Å². The minimum atomic E-state index is -4.94. The molecule has 0 atom stereocenters. The molecular weight excluding hydrogens is 353 g/mol. The number of Topliss-reactive ketones (excluding diaryl/α,β-unsaturated/α-hetero) is 1. The summed E-state index contributed by atoms with van der Waals surface area (Å²) in [5, 5.41) is 2.68. The molecular formula is C17H13F3N2O2S. The number of thiophene rings is 1. The summed E-state index contributed by atoms with van der Waals surface area (Å²) in [4.78, 5) is 27.2. The molecule has 130 valence electrons. The van der Waals surface area contributed by atoms with Gasteiger partial charge in [0.05, 0.1) is 9.75 Å². The van der Waals surface area contributed by atoms with Crippen molar-refractivity contribution in [3.05, 3.63) is 57.6 Å². The number of carbonyl (C=O) groups excluding carboxylic acids is 2. The molecule has 2 heterocycles. The Morgan fingerprint density at radius 1 is 1.20 bits per heavy atom. The summed E-state index contributed by atoms with van der Waals surface area (Å²) in [7, 11) is 0. The monoisotopic (exact) mass is 366 g/mol. The lowest BCUT2D eigenvalue weighted by Gasteiger charge is -2.17. The molecule has 0 bridgehead atoms. The molecule has 0 unspecified atom stereocenters. The number of pyridine rings is 1. The van der Waals surface area contributed by atoms with Gasteiger partial charge in [-0.1, -0.05) is 12.1 Å². The van der Waals surface area contributed by atoms with Crippen molar-refractivity contribution in [1.82, 2.24) is 10.3 Å². The Kier molecular flexibility index (Phi) is 4.71. The standard InChI is InChI=1S/C17H13F3N2O2S/c18-17(19,20)15(23)13-6-7-14(25-13)16(24)22-9-10-3-1-5-12-11(10)4-2-8-21-12/h2-4,6-8H,1,5,9H2,(H,22,24). The number of halogens is 3. The normalized spacial score (nSPS) is 13.8. The highest BCUT2D eigenvalue weighted by Crippen LogP contribution is 2.27. The minimum Gasteiger partial charge on any atom is -0.347 e. The average Bonchev–Trinajstić information content (AvgIpc) is 3.08. The first-order valence-electron chi connectivity index (χ1n) is 7.49. The van der Waals surface area contributed by atoms with E-state index < -0.39 is 22.7 Å². The van der Waals surface area contributed by atoms with Gasteiger partial charge < -0.3 is 5.32 Å². The summed E-state index contributed by atoms with van der Waals surface area (Å²) in [5.74, 6) is -2.45. The summed E-state index contributed by atoms with van der Waals surface area (Å²) < 4.78 is 37.3. The molecule has 1 aliphatic carbocycles. The van der Waals surface area contributed by atoms with Gasteiger partial charge in [0.1, 0.15) is 0 Å². The summed E-state index contributed by atoms with van der Waals surface area (Å²) >= 11 is 0.535. The molecule has 2 aromatic heterocycles. The lowest BCUT2D eigenvalue weighted by Crippen LogP contribution is -2.25. The number of hydrogen-bond donors (Lipinski definition) is 1. The molecule has 0 fully saturated rings. The fourth-order valence-electron chi connectivity index (χ4n) is 2.57. The smallest absolute Gasteiger partial charge is 0.347 e. The Labute approximate surface area is 145 Å². The van der Waals surface area contributed by atoms with E-state index in [0.29, 0.717) is 11.3 Å². The first-order chi connectivity index (χ1) is 11.9. The zero-order chi connectivity index (χ0) is 18.0. The molecule has 2 aromatic rings. The molecule has 0 saturated heterocycles. The van der Waals surface area contributed by atoms with Crippen LogP contribution in [0.2, 0.25) is 0 Å². The van der Waals surface area contributed by atoms with Gasteiger partial charge in [0, 0.05) is 24.0 Å². The van der Waals surface area contributed by atoms with Crippen molar-refractivity contribution in [1.29, 1.82) is 0 Å². The highest BCUT2D eigenvalue weighted by atomic mass is 32.1. The van der Waals surface area contributed by atoms with Crippen molar-refractivity contribution in [3.8, 4) is 0 Å². The summed E-state index contributed by atoms with van der Waals surface area (Å²) in [6.07, 6.45) is 0.435. The van der Waals surface area contributed by atoms with Crippen LogP contribution in [0.3, 0.4) is 0 Å². The van der Waals surface area contributed by atoms with E-state index in [0.717, 1.165) is 35.7 Å². The van der Waals surface area contributed by atoms with Crippen LogP contribution in [0.5, 0.6) is 0 Å². The maximum atomic E-state index is 12.4. The van der Waals surface area contributed by atoms with Crippen molar-refractivity contribution in [2.24, 2.45) is 0 Å². The van der Waals surface area contributed by atoms with E-state index in [4.69, 9.17) is 0 Å². The van der Waals surface area contributed by atoms with Crippen molar-refractivity contribution < 1.29 is 22.8 Å². The number of amides is 1. The van der Waals surface area contributed by atoms with Crippen LogP contribution >= 0.6 is 11.3 Å². The fourth-order valence-corrected chi connectivity index (χ4v) is 3.46. The molecule has 1 aliphatic rings. The van der Waals surface area contributed by atoms with Gasteiger partial charge in [0.2, 0.25) is 0 Å². The van der Waals surface area contributed by atoms with Crippen molar-refractivity contribution in [2.75, 3.05) is 6.54 Å². The Bertz CT molecular complexity index is 856. The second-order valence-corrected chi connectivity index (χ2v) is 6.52. The Hall–Kier alpha value is -2.48. The molecule has 4 nitrogen and oxygen atoms in total. The summed E-state index contributed by atoms with van der Waals surface area (Å²) in [6, 6.07) is 5.98. The molecule has 0 saturated carbocycles. The maximum absolute atomic E-state index is 12.4. The number of allylic oxidation sites excluding steroid dienone is 1. The van der Waals surface area contributed by atoms with E-state index >= 15 is 0 Å². The number of rotatable bonds is 4. The zero-order valence-corrected chi connectivity index (χ0v) is 13.7. The van der Waals surface area contributed by atoms with Gasteiger partial charge in [-0.05, 0) is 36.6 Å². The number of ketones is 1. The molecule has 0 aliphatic heterocycles. The van der Waals surface area contributed by atoms with Gasteiger partial charge in [-0.3, -0.25) is 14.6 Å². The number of aromatic nitrogens is 1. The lowest BCUT2D eigenvalue weighted by atomic mass is 9.95. The van der Waals surface area contributed by atoms with Crippen LogP contribution in [0, 0.1) is 0 Å². The average molecular weight is 366 g/mol. The van der Waals surface area contributed by atoms with E-state index in [9.17, 15) is 22.8 Å². The Morgan fingerprint density at radius 2 is 1.96 bits per heavy atom.